The molecule has 98 valence electrons. The number of likely N-dealkylation sites (tertiary alicyclic amines) is 1. The third-order valence-corrected chi connectivity index (χ3v) is 4.20. The van der Waals surface area contributed by atoms with E-state index in [1.807, 2.05) is 4.90 Å². The molecule has 18 heavy (non-hydrogen) atoms. The van der Waals surface area contributed by atoms with Crippen molar-refractivity contribution < 1.29 is 13.9 Å². The lowest BCUT2D eigenvalue weighted by molar-refractivity contribution is 0.0113. The van der Waals surface area contributed by atoms with Crippen LogP contribution in [0.1, 0.15) is 36.7 Å². The molecule has 0 aromatic carbocycles. The van der Waals surface area contributed by atoms with Gasteiger partial charge in [-0.3, -0.25) is 4.79 Å². The van der Waals surface area contributed by atoms with Gasteiger partial charge in [0.05, 0.1) is 25.0 Å². The van der Waals surface area contributed by atoms with Crippen molar-refractivity contribution in [3.8, 4) is 0 Å². The van der Waals surface area contributed by atoms with Crippen molar-refractivity contribution in [3.63, 3.8) is 0 Å². The minimum atomic E-state index is -0.0804. The van der Waals surface area contributed by atoms with E-state index in [1.54, 1.807) is 12.1 Å². The Bertz CT molecular complexity index is 428. The second-order valence-electron chi connectivity index (χ2n) is 5.43. The van der Waals surface area contributed by atoms with Gasteiger partial charge < -0.3 is 14.1 Å². The quantitative estimate of drug-likeness (QED) is 0.807. The first-order valence-corrected chi connectivity index (χ1v) is 6.69. The predicted octanol–water partition coefficient (Wildman–Crippen LogP) is 2.31. The lowest BCUT2D eigenvalue weighted by Gasteiger charge is -2.23. The summed E-state index contributed by atoms with van der Waals surface area (Å²) in [5.41, 5.74) is -0.0804. The summed E-state index contributed by atoms with van der Waals surface area (Å²) in [4.78, 5) is 14.0. The number of nitrogens with zero attached hydrogens (tertiary/aromatic N) is 1. The molecule has 2 unspecified atom stereocenters. The van der Waals surface area contributed by atoms with Gasteiger partial charge in [-0.2, -0.15) is 0 Å². The van der Waals surface area contributed by atoms with Crippen molar-refractivity contribution in [2.45, 2.75) is 31.8 Å². The van der Waals surface area contributed by atoms with Gasteiger partial charge in [0.25, 0.3) is 5.91 Å². The maximum absolute atomic E-state index is 12.2. The van der Waals surface area contributed by atoms with Crippen molar-refractivity contribution in [3.05, 3.63) is 24.2 Å². The molecule has 1 aromatic heterocycles. The van der Waals surface area contributed by atoms with Crippen LogP contribution in [0.25, 0.3) is 0 Å². The largest absolute Gasteiger partial charge is 0.459 e. The number of hydrogen-bond donors (Lipinski definition) is 0. The number of carbonyl (C=O) groups is 1. The maximum Gasteiger partial charge on any atom is 0.289 e. The Kier molecular flexibility index (Phi) is 2.90. The fourth-order valence-electron chi connectivity index (χ4n) is 3.06. The normalized spacial score (nSPS) is 31.4. The lowest BCUT2D eigenvalue weighted by atomic mass is 9.92. The molecule has 0 radical (unpaired) electrons. The topological polar surface area (TPSA) is 42.7 Å². The second kappa shape index (κ2) is 4.43. The molecule has 0 saturated carbocycles. The van der Waals surface area contributed by atoms with Gasteiger partial charge in [-0.1, -0.05) is 13.3 Å². The average molecular weight is 249 g/mol. The highest BCUT2D eigenvalue weighted by atomic mass is 16.5. The molecule has 1 amide bonds. The molecule has 2 atom stereocenters. The molecule has 2 saturated heterocycles. The molecule has 2 fully saturated rings. The fourth-order valence-corrected chi connectivity index (χ4v) is 3.06. The van der Waals surface area contributed by atoms with Crippen molar-refractivity contribution >= 4 is 5.91 Å². The van der Waals surface area contributed by atoms with Crippen LogP contribution in [0.15, 0.2) is 22.8 Å². The van der Waals surface area contributed by atoms with Crippen LogP contribution in [0.3, 0.4) is 0 Å². The number of hydrogen-bond acceptors (Lipinski definition) is 3. The van der Waals surface area contributed by atoms with Crippen molar-refractivity contribution in [2.24, 2.45) is 5.92 Å². The van der Waals surface area contributed by atoms with Crippen molar-refractivity contribution in [2.75, 3.05) is 19.7 Å². The monoisotopic (exact) mass is 249 g/mol. The SMILES string of the molecule is CCC1COC2(CCN(C(=O)c3ccco3)C2)C1. The number of carbonyl (C=O) groups excluding carboxylic acids is 1. The minimum absolute atomic E-state index is 0.0135. The van der Waals surface area contributed by atoms with Crippen LogP contribution >= 0.6 is 0 Å². The molecule has 0 N–H and O–H groups in total. The van der Waals surface area contributed by atoms with Crippen LogP contribution in [-0.2, 0) is 4.74 Å². The molecule has 2 aliphatic rings. The summed E-state index contributed by atoms with van der Waals surface area (Å²) in [6, 6.07) is 3.47. The first-order valence-electron chi connectivity index (χ1n) is 6.69. The van der Waals surface area contributed by atoms with Gasteiger partial charge in [0.15, 0.2) is 5.76 Å². The smallest absolute Gasteiger partial charge is 0.289 e. The van der Waals surface area contributed by atoms with Crippen LogP contribution in [0.4, 0.5) is 0 Å². The van der Waals surface area contributed by atoms with E-state index in [9.17, 15) is 4.79 Å². The highest BCUT2D eigenvalue weighted by Gasteiger charge is 2.46. The van der Waals surface area contributed by atoms with Gasteiger partial charge in [-0.25, -0.2) is 0 Å². The zero-order valence-electron chi connectivity index (χ0n) is 10.7. The summed E-state index contributed by atoms with van der Waals surface area (Å²) >= 11 is 0. The maximum atomic E-state index is 12.2. The lowest BCUT2D eigenvalue weighted by Crippen LogP contribution is -2.35. The molecular weight excluding hydrogens is 230 g/mol. The Labute approximate surface area is 107 Å². The summed E-state index contributed by atoms with van der Waals surface area (Å²) in [6.45, 7) is 4.53. The van der Waals surface area contributed by atoms with E-state index in [0.717, 1.165) is 32.4 Å². The van der Waals surface area contributed by atoms with Crippen LogP contribution in [-0.4, -0.2) is 36.1 Å². The summed E-state index contributed by atoms with van der Waals surface area (Å²) in [5, 5.41) is 0. The molecule has 3 heterocycles. The number of rotatable bonds is 2. The first kappa shape index (κ1) is 11.8. The van der Waals surface area contributed by atoms with Crippen LogP contribution in [0.2, 0.25) is 0 Å². The highest BCUT2D eigenvalue weighted by molar-refractivity contribution is 5.91. The molecule has 4 heteroatoms. The van der Waals surface area contributed by atoms with Crippen LogP contribution in [0, 0.1) is 5.92 Å². The Morgan fingerprint density at radius 3 is 3.17 bits per heavy atom. The minimum Gasteiger partial charge on any atom is -0.459 e. The van der Waals surface area contributed by atoms with Crippen LogP contribution < -0.4 is 0 Å². The third kappa shape index (κ3) is 1.94. The zero-order chi connectivity index (χ0) is 12.6. The van der Waals surface area contributed by atoms with E-state index in [-0.39, 0.29) is 11.5 Å². The number of ether oxygens (including phenoxy) is 1. The molecule has 1 aromatic rings. The average Bonchev–Trinajstić information content (AvgIpc) is 3.10. The zero-order valence-corrected chi connectivity index (χ0v) is 10.7. The Morgan fingerprint density at radius 1 is 1.61 bits per heavy atom. The van der Waals surface area contributed by atoms with E-state index < -0.39 is 0 Å². The van der Waals surface area contributed by atoms with Gasteiger partial charge in [0.2, 0.25) is 0 Å². The number of amides is 1. The highest BCUT2D eigenvalue weighted by Crippen LogP contribution is 2.39. The van der Waals surface area contributed by atoms with Crippen molar-refractivity contribution in [1.29, 1.82) is 0 Å². The number of furan rings is 1. The molecular formula is C14H19NO3. The van der Waals surface area contributed by atoms with Gasteiger partial charge >= 0.3 is 0 Å². The second-order valence-corrected chi connectivity index (χ2v) is 5.43. The Hall–Kier alpha value is -1.29. The van der Waals surface area contributed by atoms with Crippen molar-refractivity contribution in [1.82, 2.24) is 4.90 Å². The van der Waals surface area contributed by atoms with Gasteiger partial charge in [-0.15, -0.1) is 0 Å². The van der Waals surface area contributed by atoms with Crippen LogP contribution in [0.5, 0.6) is 0 Å². The van der Waals surface area contributed by atoms with Gasteiger partial charge in [0, 0.05) is 6.54 Å². The van der Waals surface area contributed by atoms with Gasteiger partial charge in [0.1, 0.15) is 0 Å². The summed E-state index contributed by atoms with van der Waals surface area (Å²) in [7, 11) is 0. The molecule has 3 rings (SSSR count). The fraction of sp³-hybridized carbons (Fsp3) is 0.643. The van der Waals surface area contributed by atoms with E-state index in [4.69, 9.17) is 9.15 Å². The summed E-state index contributed by atoms with van der Waals surface area (Å²) < 4.78 is 11.1. The third-order valence-electron chi connectivity index (χ3n) is 4.20. The van der Waals surface area contributed by atoms with E-state index >= 15 is 0 Å². The van der Waals surface area contributed by atoms with E-state index in [0.29, 0.717) is 18.2 Å². The Morgan fingerprint density at radius 2 is 2.50 bits per heavy atom. The summed E-state index contributed by atoms with van der Waals surface area (Å²) in [6.07, 6.45) is 4.74. The van der Waals surface area contributed by atoms with E-state index in [1.165, 1.54) is 6.26 Å². The molecule has 0 bridgehead atoms. The Balaban J connectivity index is 1.67. The van der Waals surface area contributed by atoms with E-state index in [2.05, 4.69) is 6.92 Å². The molecule has 2 aliphatic heterocycles. The standard InChI is InChI=1S/C14H19NO3/c1-2-11-8-14(18-9-11)5-6-15(10-14)13(16)12-4-3-7-17-12/h3-4,7,11H,2,5-6,8-10H2,1H3. The first-order chi connectivity index (χ1) is 8.72. The predicted molar refractivity (Wildman–Crippen MR) is 66.3 cm³/mol. The van der Waals surface area contributed by atoms with Gasteiger partial charge in [-0.05, 0) is 30.9 Å². The molecule has 0 aliphatic carbocycles. The molecule has 1 spiro atoms. The molecule has 4 nitrogen and oxygen atoms in total. The summed E-state index contributed by atoms with van der Waals surface area (Å²) in [5.74, 6) is 1.07.